The highest BCUT2D eigenvalue weighted by atomic mass is 32.2. The van der Waals surface area contributed by atoms with Crippen molar-refractivity contribution in [2.45, 2.75) is 25.8 Å². The van der Waals surface area contributed by atoms with Gasteiger partial charge in [0.25, 0.3) is 0 Å². The predicted molar refractivity (Wildman–Crippen MR) is 81.4 cm³/mol. The first-order chi connectivity index (χ1) is 9.85. The van der Waals surface area contributed by atoms with Crippen LogP contribution in [-0.2, 0) is 16.4 Å². The summed E-state index contributed by atoms with van der Waals surface area (Å²) >= 11 is 1.63. The largest absolute Gasteiger partial charge is 0.478 e. The van der Waals surface area contributed by atoms with E-state index < -0.39 is 21.2 Å². The van der Waals surface area contributed by atoms with Crippen molar-refractivity contribution in [2.24, 2.45) is 0 Å². The number of rotatable bonds is 5. The maximum absolute atomic E-state index is 12.2. The third-order valence-corrected chi connectivity index (χ3v) is 6.90. The van der Waals surface area contributed by atoms with E-state index in [1.165, 1.54) is 6.07 Å². The molecular formula is C13H19NO5S2. The molecule has 21 heavy (non-hydrogen) atoms. The number of nitrogens with zero attached hydrogens (tertiary/aromatic N) is 1. The topological polar surface area (TPSA) is 87.8 Å². The number of carboxylic acids is 1. The minimum Gasteiger partial charge on any atom is -0.478 e. The molecule has 0 bridgehead atoms. The zero-order chi connectivity index (χ0) is 15.6. The van der Waals surface area contributed by atoms with Gasteiger partial charge in [0.2, 0.25) is 0 Å². The zero-order valence-electron chi connectivity index (χ0n) is 12.0. The van der Waals surface area contributed by atoms with Crippen molar-refractivity contribution in [3.05, 3.63) is 23.2 Å². The van der Waals surface area contributed by atoms with E-state index in [0.717, 1.165) is 5.75 Å². The van der Waals surface area contributed by atoms with Crippen LogP contribution in [0.4, 0.5) is 0 Å². The Morgan fingerprint density at radius 2 is 2.29 bits per heavy atom. The first-order valence-electron chi connectivity index (χ1n) is 6.71. The molecular weight excluding hydrogens is 314 g/mol. The van der Waals surface area contributed by atoms with Gasteiger partial charge in [-0.3, -0.25) is 4.90 Å². The van der Waals surface area contributed by atoms with Crippen LogP contribution in [0.3, 0.4) is 0 Å². The number of carboxylic acid groups (broad SMARTS) is 1. The van der Waals surface area contributed by atoms with Crippen molar-refractivity contribution >= 4 is 27.6 Å². The highest BCUT2D eigenvalue weighted by Gasteiger charge is 2.33. The monoisotopic (exact) mass is 333 g/mol. The van der Waals surface area contributed by atoms with Gasteiger partial charge in [-0.1, -0.05) is 6.92 Å². The second-order valence-electron chi connectivity index (χ2n) is 4.94. The second kappa shape index (κ2) is 6.41. The van der Waals surface area contributed by atoms with Gasteiger partial charge in [0.15, 0.2) is 9.84 Å². The summed E-state index contributed by atoms with van der Waals surface area (Å²) in [4.78, 5) is 12.9. The van der Waals surface area contributed by atoms with Crippen LogP contribution < -0.4 is 0 Å². The fourth-order valence-electron chi connectivity index (χ4n) is 2.35. The molecule has 1 unspecified atom stereocenters. The summed E-state index contributed by atoms with van der Waals surface area (Å²) in [6, 6.07) is 1.48. The van der Waals surface area contributed by atoms with E-state index in [0.29, 0.717) is 30.4 Å². The Labute approximate surface area is 128 Å². The van der Waals surface area contributed by atoms with Crippen LogP contribution in [0.2, 0.25) is 0 Å². The van der Waals surface area contributed by atoms with E-state index in [-0.39, 0.29) is 11.3 Å². The van der Waals surface area contributed by atoms with Crippen molar-refractivity contribution < 1.29 is 22.7 Å². The van der Waals surface area contributed by atoms with Crippen LogP contribution in [0.5, 0.6) is 0 Å². The number of sulfone groups is 1. The lowest BCUT2D eigenvalue weighted by Gasteiger charge is -2.33. The number of thioether (sulfide) groups is 1. The van der Waals surface area contributed by atoms with Crippen LogP contribution in [0, 0.1) is 6.92 Å². The minimum atomic E-state index is -3.16. The zero-order valence-corrected chi connectivity index (χ0v) is 13.7. The SMILES string of the molecule is CCS(=O)(=O)C1CSCCN1Cc1cc(C(=O)O)c(C)o1. The van der Waals surface area contributed by atoms with Crippen molar-refractivity contribution in [3.63, 3.8) is 0 Å². The Kier molecular flexibility index (Phi) is 5.00. The smallest absolute Gasteiger partial charge is 0.339 e. The molecule has 0 radical (unpaired) electrons. The van der Waals surface area contributed by atoms with Gasteiger partial charge in [0.1, 0.15) is 22.5 Å². The van der Waals surface area contributed by atoms with Crippen LogP contribution in [0.25, 0.3) is 0 Å². The van der Waals surface area contributed by atoms with Gasteiger partial charge in [-0.25, -0.2) is 13.2 Å². The summed E-state index contributed by atoms with van der Waals surface area (Å²) in [6.45, 7) is 4.21. The molecule has 118 valence electrons. The molecule has 1 atom stereocenters. The van der Waals surface area contributed by atoms with E-state index in [1.807, 2.05) is 4.90 Å². The third kappa shape index (κ3) is 3.61. The Hall–Kier alpha value is -0.990. The Morgan fingerprint density at radius 1 is 1.57 bits per heavy atom. The lowest BCUT2D eigenvalue weighted by Crippen LogP contribution is -2.47. The van der Waals surface area contributed by atoms with Gasteiger partial charge in [-0.05, 0) is 13.0 Å². The first-order valence-corrected chi connectivity index (χ1v) is 9.58. The van der Waals surface area contributed by atoms with E-state index in [4.69, 9.17) is 9.52 Å². The van der Waals surface area contributed by atoms with Gasteiger partial charge >= 0.3 is 5.97 Å². The summed E-state index contributed by atoms with van der Waals surface area (Å²) in [5.74, 6) is 1.32. The van der Waals surface area contributed by atoms with Crippen molar-refractivity contribution in [1.29, 1.82) is 0 Å². The second-order valence-corrected chi connectivity index (χ2v) is 8.54. The molecule has 1 saturated heterocycles. The van der Waals surface area contributed by atoms with Crippen LogP contribution in [0.15, 0.2) is 10.5 Å². The Bertz CT molecular complexity index is 623. The van der Waals surface area contributed by atoms with Crippen LogP contribution in [-0.4, -0.2) is 53.6 Å². The highest BCUT2D eigenvalue weighted by molar-refractivity contribution is 8.01. The lowest BCUT2D eigenvalue weighted by atomic mass is 10.2. The van der Waals surface area contributed by atoms with Gasteiger partial charge in [0.05, 0.1) is 6.54 Å². The number of aromatic carboxylic acids is 1. The molecule has 2 heterocycles. The average molecular weight is 333 g/mol. The number of hydrogen-bond donors (Lipinski definition) is 1. The van der Waals surface area contributed by atoms with Gasteiger partial charge in [-0.2, -0.15) is 11.8 Å². The molecule has 2 rings (SSSR count). The van der Waals surface area contributed by atoms with E-state index in [2.05, 4.69) is 0 Å². The van der Waals surface area contributed by atoms with Crippen molar-refractivity contribution in [3.8, 4) is 0 Å². The molecule has 0 aliphatic carbocycles. The molecule has 8 heteroatoms. The fraction of sp³-hybridized carbons (Fsp3) is 0.615. The summed E-state index contributed by atoms with van der Waals surface area (Å²) < 4.78 is 29.8. The Morgan fingerprint density at radius 3 is 2.86 bits per heavy atom. The molecule has 1 aliphatic rings. The van der Waals surface area contributed by atoms with Gasteiger partial charge < -0.3 is 9.52 Å². The summed E-state index contributed by atoms with van der Waals surface area (Å²) in [5, 5.41) is 8.50. The Balaban J connectivity index is 2.20. The molecule has 0 spiro atoms. The minimum absolute atomic E-state index is 0.103. The third-order valence-electron chi connectivity index (χ3n) is 3.57. The van der Waals surface area contributed by atoms with E-state index >= 15 is 0 Å². The number of hydrogen-bond acceptors (Lipinski definition) is 6. The molecule has 1 N–H and O–H groups in total. The average Bonchev–Trinajstić information content (AvgIpc) is 2.80. The van der Waals surface area contributed by atoms with Gasteiger partial charge in [-0.15, -0.1) is 0 Å². The molecule has 0 aromatic carbocycles. The molecule has 0 amide bonds. The van der Waals surface area contributed by atoms with Crippen molar-refractivity contribution in [1.82, 2.24) is 4.90 Å². The van der Waals surface area contributed by atoms with Crippen LogP contribution >= 0.6 is 11.8 Å². The quantitative estimate of drug-likeness (QED) is 0.875. The first kappa shape index (κ1) is 16.4. The maximum Gasteiger partial charge on any atom is 0.339 e. The molecule has 1 aromatic rings. The lowest BCUT2D eigenvalue weighted by molar-refractivity contribution is 0.0695. The number of furan rings is 1. The molecule has 1 aliphatic heterocycles. The summed E-state index contributed by atoms with van der Waals surface area (Å²) in [5.41, 5.74) is 0.131. The summed E-state index contributed by atoms with van der Waals surface area (Å²) in [7, 11) is -3.16. The summed E-state index contributed by atoms with van der Waals surface area (Å²) in [6.07, 6.45) is 0. The number of aryl methyl sites for hydroxylation is 1. The van der Waals surface area contributed by atoms with Gasteiger partial charge in [0, 0.05) is 23.8 Å². The standard InChI is InChI=1S/C13H19NO5S2/c1-3-21(17,18)12-8-20-5-4-14(12)7-10-6-11(13(15)16)9(2)19-10/h6,12H,3-5,7-8H2,1-2H3,(H,15,16). The normalized spacial score (nSPS) is 20.6. The van der Waals surface area contributed by atoms with E-state index in [9.17, 15) is 13.2 Å². The van der Waals surface area contributed by atoms with Crippen molar-refractivity contribution in [2.75, 3.05) is 23.8 Å². The molecule has 1 fully saturated rings. The molecule has 6 nitrogen and oxygen atoms in total. The maximum atomic E-state index is 12.2. The van der Waals surface area contributed by atoms with Crippen LogP contribution in [0.1, 0.15) is 28.8 Å². The molecule has 1 aromatic heterocycles. The predicted octanol–water partition coefficient (Wildman–Crippen LogP) is 1.60. The number of carbonyl (C=O) groups is 1. The van der Waals surface area contributed by atoms with E-state index in [1.54, 1.807) is 25.6 Å². The molecule has 0 saturated carbocycles. The highest BCUT2D eigenvalue weighted by Crippen LogP contribution is 2.25. The fourth-order valence-corrected chi connectivity index (χ4v) is 5.43.